The zero-order valence-corrected chi connectivity index (χ0v) is 30.5. The van der Waals surface area contributed by atoms with E-state index in [1.807, 2.05) is 36.4 Å². The molecule has 6 aromatic carbocycles. The summed E-state index contributed by atoms with van der Waals surface area (Å²) in [6, 6.07) is 57.9. The van der Waals surface area contributed by atoms with Crippen molar-refractivity contribution in [2.45, 2.75) is 0 Å². The van der Waals surface area contributed by atoms with E-state index < -0.39 is 34.5 Å². The van der Waals surface area contributed by atoms with E-state index in [0.29, 0.717) is 0 Å². The van der Waals surface area contributed by atoms with Crippen molar-refractivity contribution in [2.24, 2.45) is 0 Å². The first-order valence-corrected chi connectivity index (χ1v) is 25.8. The molecule has 0 aliphatic rings. The zero-order valence-electron chi connectivity index (χ0n) is 23.5. The molecule has 0 unspecified atom stereocenters. The maximum atomic E-state index is 6.67. The van der Waals surface area contributed by atoms with Crippen LogP contribution in [0.5, 0.6) is 0 Å². The van der Waals surface area contributed by atoms with Gasteiger partial charge in [0.2, 0.25) is 0 Å². The van der Waals surface area contributed by atoms with E-state index in [1.165, 1.54) is 31.8 Å². The SMILES string of the molecule is [Cl][Ni]([Cl])[PH](c1ccccc1)(c1ccccc1)c1ccccc1.[Cl][Ni]([Cl])[PH](c1ccccc1)(c1ccccc1)c1ccccc1. The first kappa shape index (κ1) is 33.7. The Labute approximate surface area is 286 Å². The molecule has 0 atom stereocenters. The summed E-state index contributed by atoms with van der Waals surface area (Å²) < 4.78 is 0. The second-order valence-corrected chi connectivity index (χ2v) is 32.0. The van der Waals surface area contributed by atoms with Gasteiger partial charge in [0.1, 0.15) is 0 Å². The van der Waals surface area contributed by atoms with Crippen molar-refractivity contribution >= 4 is 84.7 Å². The molecular formula is C36H32Cl4Ni2P2. The summed E-state index contributed by atoms with van der Waals surface area (Å²) in [5, 5.41) is 7.46. The van der Waals surface area contributed by atoms with E-state index in [4.69, 9.17) is 40.8 Å². The van der Waals surface area contributed by atoms with Gasteiger partial charge in [0, 0.05) is 0 Å². The van der Waals surface area contributed by atoms with Gasteiger partial charge in [0.25, 0.3) is 0 Å². The molecule has 0 saturated carbocycles. The van der Waals surface area contributed by atoms with Crippen molar-refractivity contribution in [3.63, 3.8) is 0 Å². The summed E-state index contributed by atoms with van der Waals surface area (Å²) in [4.78, 5) is 0. The monoisotopic (exact) mass is 782 g/mol. The van der Waals surface area contributed by atoms with Gasteiger partial charge in [-0.3, -0.25) is 0 Å². The van der Waals surface area contributed by atoms with Crippen molar-refractivity contribution < 1.29 is 22.4 Å². The molecule has 0 N–H and O–H groups in total. The van der Waals surface area contributed by atoms with E-state index in [2.05, 4.69) is 146 Å². The van der Waals surface area contributed by atoms with Gasteiger partial charge in [-0.1, -0.05) is 0 Å². The minimum absolute atomic E-state index is 0.936. The van der Waals surface area contributed by atoms with Crippen molar-refractivity contribution in [1.29, 1.82) is 0 Å². The van der Waals surface area contributed by atoms with Crippen LogP contribution < -0.4 is 31.8 Å². The van der Waals surface area contributed by atoms with Crippen LogP contribution in [0, 0.1) is 0 Å². The van der Waals surface area contributed by atoms with Crippen LogP contribution in [0.15, 0.2) is 182 Å². The third kappa shape index (κ3) is 7.01. The molecule has 0 aromatic heterocycles. The first-order valence-electron chi connectivity index (χ1n) is 13.8. The predicted octanol–water partition coefficient (Wildman–Crippen LogP) is 9.11. The number of benzene rings is 6. The normalized spacial score (nSPS) is 12.7. The Bertz CT molecular complexity index is 1370. The van der Waals surface area contributed by atoms with Crippen molar-refractivity contribution in [3.8, 4) is 0 Å². The summed E-state index contributed by atoms with van der Waals surface area (Å²) >= 11 is -1.87. The second kappa shape index (κ2) is 16.2. The fraction of sp³-hybridized carbons (Fsp3) is 0. The van der Waals surface area contributed by atoms with Crippen LogP contribution in [0.25, 0.3) is 0 Å². The number of rotatable bonds is 8. The van der Waals surface area contributed by atoms with Gasteiger partial charge in [0.15, 0.2) is 0 Å². The minimum atomic E-state index is -2.43. The summed E-state index contributed by atoms with van der Waals surface area (Å²) in [7, 11) is 26.7. The summed E-state index contributed by atoms with van der Waals surface area (Å²) in [5.41, 5.74) is 0. The molecule has 0 radical (unpaired) electrons. The van der Waals surface area contributed by atoms with E-state index in [9.17, 15) is 0 Å². The number of halogens is 4. The average Bonchev–Trinajstić information content (AvgIpc) is 3.08. The fourth-order valence-electron chi connectivity index (χ4n) is 5.36. The van der Waals surface area contributed by atoms with Gasteiger partial charge in [-0.05, 0) is 0 Å². The summed E-state index contributed by atoms with van der Waals surface area (Å²) in [6.07, 6.45) is 0. The molecule has 0 saturated heterocycles. The molecule has 0 spiro atoms. The van der Waals surface area contributed by atoms with Crippen molar-refractivity contribution in [3.05, 3.63) is 182 Å². The molecule has 6 aromatic rings. The van der Waals surface area contributed by atoms with Gasteiger partial charge in [0.05, 0.1) is 0 Å². The third-order valence-electron chi connectivity index (χ3n) is 7.28. The van der Waals surface area contributed by atoms with Crippen LogP contribution in [-0.2, 0) is 22.4 Å². The van der Waals surface area contributed by atoms with Gasteiger partial charge in [-0.25, -0.2) is 0 Å². The molecule has 0 heterocycles. The Hall–Kier alpha value is -1.67. The van der Waals surface area contributed by atoms with Crippen LogP contribution in [-0.4, -0.2) is 0 Å². The Morgan fingerprint density at radius 2 is 0.386 bits per heavy atom. The van der Waals surface area contributed by atoms with Crippen LogP contribution in [0.3, 0.4) is 0 Å². The van der Waals surface area contributed by atoms with Gasteiger partial charge >= 0.3 is 289 Å². The quantitative estimate of drug-likeness (QED) is 0.107. The predicted molar refractivity (Wildman–Crippen MR) is 196 cm³/mol. The molecule has 0 aliphatic heterocycles. The van der Waals surface area contributed by atoms with E-state index in [1.54, 1.807) is 0 Å². The first-order chi connectivity index (χ1) is 21.5. The van der Waals surface area contributed by atoms with Crippen LogP contribution >= 0.6 is 52.8 Å². The summed E-state index contributed by atoms with van der Waals surface area (Å²) in [6.45, 7) is 0. The Morgan fingerprint density at radius 1 is 0.250 bits per heavy atom. The molecule has 0 bridgehead atoms. The Kier molecular flexibility index (Phi) is 12.4. The average molecular weight is 786 g/mol. The van der Waals surface area contributed by atoms with Gasteiger partial charge in [-0.15, -0.1) is 0 Å². The van der Waals surface area contributed by atoms with Crippen LogP contribution in [0.4, 0.5) is 0 Å². The van der Waals surface area contributed by atoms with Gasteiger partial charge in [-0.2, -0.15) is 0 Å². The van der Waals surface area contributed by atoms with Crippen LogP contribution in [0.2, 0.25) is 0 Å². The van der Waals surface area contributed by atoms with E-state index in [0.717, 1.165) is 0 Å². The number of hydrogen-bond donors (Lipinski definition) is 0. The fourth-order valence-corrected chi connectivity index (χ4v) is 29.1. The molecule has 8 heteroatoms. The third-order valence-corrected chi connectivity index (χ3v) is 31.9. The molecule has 0 amide bonds. The Balaban J connectivity index is 0.000000175. The van der Waals surface area contributed by atoms with Crippen molar-refractivity contribution in [1.82, 2.24) is 0 Å². The van der Waals surface area contributed by atoms with Crippen LogP contribution in [0.1, 0.15) is 0 Å². The van der Waals surface area contributed by atoms with E-state index in [-0.39, 0.29) is 0 Å². The molecular weight excluding hydrogens is 754 g/mol. The molecule has 234 valence electrons. The molecule has 0 aliphatic carbocycles. The topological polar surface area (TPSA) is 0 Å². The van der Waals surface area contributed by atoms with E-state index >= 15 is 0 Å². The standard InChI is InChI=1S/2C18H15P.4ClH.2Ni/c2*1-4-10-16(11-5-1)19(17-12-6-2-7-13-17)18-14-8-3-9-15-18;;;;;;/h2*1-15H;4*1H;;/q;;;;;;2*+1/p-2. The molecule has 0 fully saturated rings. The Morgan fingerprint density at radius 3 is 0.500 bits per heavy atom. The maximum absolute atomic E-state index is 6.67. The number of hydrogen-bond acceptors (Lipinski definition) is 0. The van der Waals surface area contributed by atoms with Gasteiger partial charge < -0.3 is 0 Å². The van der Waals surface area contributed by atoms with Crippen molar-refractivity contribution in [2.75, 3.05) is 0 Å². The molecule has 44 heavy (non-hydrogen) atoms. The second-order valence-electron chi connectivity index (χ2n) is 9.75. The summed E-state index contributed by atoms with van der Waals surface area (Å²) in [5.74, 6) is 0. The zero-order chi connectivity index (χ0) is 30.8. The molecule has 0 nitrogen and oxygen atoms in total. The molecule has 6 rings (SSSR count).